The Kier molecular flexibility index (Phi) is 4.52. The molecule has 0 aliphatic rings. The highest BCUT2D eigenvalue weighted by Crippen LogP contribution is 2.14. The fourth-order valence-electron chi connectivity index (χ4n) is 1.22. The number of esters is 1. The molecule has 0 amide bonds. The lowest BCUT2D eigenvalue weighted by Crippen LogP contribution is -2.40. The molecule has 0 unspecified atom stereocenters. The van der Waals surface area contributed by atoms with Gasteiger partial charge in [-0.15, -0.1) is 0 Å². The average Bonchev–Trinajstić information content (AvgIpc) is 2.24. The highest BCUT2D eigenvalue weighted by Gasteiger charge is 2.25. The predicted molar refractivity (Wildman–Crippen MR) is 65.8 cm³/mol. The summed E-state index contributed by atoms with van der Waals surface area (Å²) in [5.41, 5.74) is 4.98. The zero-order valence-corrected chi connectivity index (χ0v) is 10.5. The van der Waals surface area contributed by atoms with E-state index in [1.807, 2.05) is 18.2 Å². The monoisotopic (exact) mass is 237 g/mol. The first kappa shape index (κ1) is 13.5. The Bertz CT molecular complexity index is 357. The van der Waals surface area contributed by atoms with Gasteiger partial charge in [0.05, 0.1) is 0 Å². The summed E-state index contributed by atoms with van der Waals surface area (Å²) >= 11 is 0. The first-order valence-electron chi connectivity index (χ1n) is 5.57. The summed E-state index contributed by atoms with van der Waals surface area (Å²) in [6, 6.07) is 9.08. The Morgan fingerprint density at radius 2 is 1.88 bits per heavy atom. The molecule has 0 aliphatic carbocycles. The van der Waals surface area contributed by atoms with Crippen molar-refractivity contribution in [1.82, 2.24) is 0 Å². The van der Waals surface area contributed by atoms with Gasteiger partial charge < -0.3 is 15.2 Å². The van der Waals surface area contributed by atoms with Gasteiger partial charge in [0, 0.05) is 6.54 Å². The summed E-state index contributed by atoms with van der Waals surface area (Å²) in [6.07, 6.45) is -0.767. The summed E-state index contributed by atoms with van der Waals surface area (Å²) in [5, 5.41) is 0. The van der Waals surface area contributed by atoms with Gasteiger partial charge in [0.2, 0.25) is 6.10 Å². The van der Waals surface area contributed by atoms with Crippen molar-refractivity contribution < 1.29 is 14.3 Å². The minimum atomic E-state index is -0.767. The molecule has 1 aromatic rings. The van der Waals surface area contributed by atoms with Crippen molar-refractivity contribution >= 4 is 5.97 Å². The van der Waals surface area contributed by atoms with E-state index in [4.69, 9.17) is 15.2 Å². The van der Waals surface area contributed by atoms with E-state index in [1.165, 1.54) is 0 Å². The van der Waals surface area contributed by atoms with Crippen LogP contribution in [0.2, 0.25) is 0 Å². The van der Waals surface area contributed by atoms with Crippen LogP contribution in [-0.2, 0) is 9.53 Å². The van der Waals surface area contributed by atoms with Crippen LogP contribution in [0.3, 0.4) is 0 Å². The quantitative estimate of drug-likeness (QED) is 0.810. The van der Waals surface area contributed by atoms with E-state index in [1.54, 1.807) is 32.9 Å². The van der Waals surface area contributed by atoms with E-state index in [0.717, 1.165) is 0 Å². The van der Waals surface area contributed by atoms with Gasteiger partial charge in [0.1, 0.15) is 11.4 Å². The van der Waals surface area contributed by atoms with E-state index in [2.05, 4.69) is 0 Å². The number of benzene rings is 1. The topological polar surface area (TPSA) is 61.5 Å². The van der Waals surface area contributed by atoms with Crippen molar-refractivity contribution in [3.8, 4) is 5.75 Å². The molecule has 4 nitrogen and oxygen atoms in total. The summed E-state index contributed by atoms with van der Waals surface area (Å²) in [7, 11) is 0. The van der Waals surface area contributed by atoms with E-state index in [0.29, 0.717) is 5.75 Å². The summed E-state index contributed by atoms with van der Waals surface area (Å²) in [5.74, 6) is 0.165. The number of carbonyl (C=O) groups is 1. The molecule has 0 saturated heterocycles. The minimum Gasteiger partial charge on any atom is -0.477 e. The van der Waals surface area contributed by atoms with E-state index in [-0.39, 0.29) is 6.54 Å². The lowest BCUT2D eigenvalue weighted by Gasteiger charge is -2.23. The normalized spacial score (nSPS) is 12.9. The van der Waals surface area contributed by atoms with Gasteiger partial charge in [-0.25, -0.2) is 4.79 Å². The zero-order chi connectivity index (χ0) is 12.9. The van der Waals surface area contributed by atoms with Crippen LogP contribution < -0.4 is 10.5 Å². The Morgan fingerprint density at radius 1 is 1.29 bits per heavy atom. The minimum absolute atomic E-state index is 0.0871. The predicted octanol–water partition coefficient (Wildman–Crippen LogP) is 1.73. The molecule has 0 bridgehead atoms. The van der Waals surface area contributed by atoms with Crippen molar-refractivity contribution in [3.63, 3.8) is 0 Å². The molecular weight excluding hydrogens is 218 g/mol. The Labute approximate surface area is 102 Å². The first-order valence-corrected chi connectivity index (χ1v) is 5.57. The fourth-order valence-corrected chi connectivity index (χ4v) is 1.22. The van der Waals surface area contributed by atoms with E-state index < -0.39 is 17.7 Å². The van der Waals surface area contributed by atoms with Gasteiger partial charge in [-0.2, -0.15) is 0 Å². The van der Waals surface area contributed by atoms with E-state index in [9.17, 15) is 4.79 Å². The number of para-hydroxylation sites is 1. The number of rotatable bonds is 4. The van der Waals surface area contributed by atoms with Gasteiger partial charge in [0.25, 0.3) is 0 Å². The highest BCUT2D eigenvalue weighted by atomic mass is 16.6. The molecule has 2 N–H and O–H groups in total. The molecule has 0 saturated carbocycles. The molecule has 1 rings (SSSR count). The Morgan fingerprint density at radius 3 is 2.35 bits per heavy atom. The van der Waals surface area contributed by atoms with Gasteiger partial charge in [0.15, 0.2) is 0 Å². The lowest BCUT2D eigenvalue weighted by molar-refractivity contribution is -0.162. The standard InChI is InChI=1S/C13H19NO3/c1-13(2,3)17-12(15)11(9-14)16-10-7-5-4-6-8-10/h4-8,11H,9,14H2,1-3H3/t11-/m1/s1. The molecule has 1 atom stereocenters. The van der Waals surface area contributed by atoms with Crippen molar-refractivity contribution in [2.24, 2.45) is 5.73 Å². The second-order valence-corrected chi connectivity index (χ2v) is 4.69. The number of nitrogens with two attached hydrogens (primary N) is 1. The molecule has 17 heavy (non-hydrogen) atoms. The summed E-state index contributed by atoms with van der Waals surface area (Å²) < 4.78 is 10.7. The third-order valence-corrected chi connectivity index (χ3v) is 1.91. The molecule has 94 valence electrons. The molecule has 0 radical (unpaired) electrons. The van der Waals surface area contributed by atoms with Crippen LogP contribution in [0.4, 0.5) is 0 Å². The van der Waals surface area contributed by atoms with Crippen LogP contribution in [0.5, 0.6) is 5.75 Å². The highest BCUT2D eigenvalue weighted by molar-refractivity contribution is 5.75. The van der Waals surface area contributed by atoms with Gasteiger partial charge >= 0.3 is 5.97 Å². The number of hydrogen-bond acceptors (Lipinski definition) is 4. The molecule has 0 aromatic heterocycles. The van der Waals surface area contributed by atoms with Gasteiger partial charge in [-0.3, -0.25) is 0 Å². The van der Waals surface area contributed by atoms with Crippen molar-refractivity contribution in [2.75, 3.05) is 6.54 Å². The zero-order valence-electron chi connectivity index (χ0n) is 10.5. The van der Waals surface area contributed by atoms with Gasteiger partial charge in [-0.1, -0.05) is 18.2 Å². The molecule has 4 heteroatoms. The second kappa shape index (κ2) is 5.68. The SMILES string of the molecule is CC(C)(C)OC(=O)[C@@H](CN)Oc1ccccc1. The van der Waals surface area contributed by atoms with Crippen LogP contribution in [0.25, 0.3) is 0 Å². The summed E-state index contributed by atoms with van der Waals surface area (Å²) in [4.78, 5) is 11.8. The third kappa shape index (κ3) is 4.87. The largest absolute Gasteiger partial charge is 0.477 e. The molecule has 1 aromatic carbocycles. The van der Waals surface area contributed by atoms with Crippen LogP contribution in [-0.4, -0.2) is 24.2 Å². The summed E-state index contributed by atoms with van der Waals surface area (Å²) in [6.45, 7) is 5.51. The third-order valence-electron chi connectivity index (χ3n) is 1.91. The lowest BCUT2D eigenvalue weighted by atomic mass is 10.2. The van der Waals surface area contributed by atoms with Crippen LogP contribution in [0.1, 0.15) is 20.8 Å². The fraction of sp³-hybridized carbons (Fsp3) is 0.462. The van der Waals surface area contributed by atoms with E-state index >= 15 is 0 Å². The number of carbonyl (C=O) groups excluding carboxylic acids is 1. The smallest absolute Gasteiger partial charge is 0.349 e. The molecule has 0 heterocycles. The van der Waals surface area contributed by atoms with Crippen LogP contribution in [0, 0.1) is 0 Å². The number of ether oxygens (including phenoxy) is 2. The van der Waals surface area contributed by atoms with Crippen molar-refractivity contribution in [2.45, 2.75) is 32.5 Å². The maximum atomic E-state index is 11.8. The molecule has 0 spiro atoms. The van der Waals surface area contributed by atoms with Crippen molar-refractivity contribution in [3.05, 3.63) is 30.3 Å². The van der Waals surface area contributed by atoms with Crippen molar-refractivity contribution in [1.29, 1.82) is 0 Å². The first-order chi connectivity index (χ1) is 7.92. The maximum absolute atomic E-state index is 11.8. The number of hydrogen-bond donors (Lipinski definition) is 1. The second-order valence-electron chi connectivity index (χ2n) is 4.69. The average molecular weight is 237 g/mol. The molecule has 0 aliphatic heterocycles. The van der Waals surface area contributed by atoms with Crippen LogP contribution >= 0.6 is 0 Å². The van der Waals surface area contributed by atoms with Gasteiger partial charge in [-0.05, 0) is 32.9 Å². The van der Waals surface area contributed by atoms with Crippen LogP contribution in [0.15, 0.2) is 30.3 Å². The Balaban J connectivity index is 2.63. The molecule has 0 fully saturated rings. The Hall–Kier alpha value is -1.55. The molecular formula is C13H19NO3. The maximum Gasteiger partial charge on any atom is 0.349 e.